The van der Waals surface area contributed by atoms with Gasteiger partial charge < -0.3 is 5.11 Å². The third-order valence-corrected chi connectivity index (χ3v) is 3.21. The summed E-state index contributed by atoms with van der Waals surface area (Å²) < 4.78 is 0. The first-order valence-electron chi connectivity index (χ1n) is 6.18. The maximum absolute atomic E-state index is 10.0. The third kappa shape index (κ3) is 2.83. The van der Waals surface area contributed by atoms with Crippen LogP contribution < -0.4 is 5.46 Å². The maximum atomic E-state index is 10.0. The summed E-state index contributed by atoms with van der Waals surface area (Å²) in [6, 6.07) is 16.0. The zero-order valence-corrected chi connectivity index (χ0v) is 10.8. The van der Waals surface area contributed by atoms with Crippen LogP contribution in [0.1, 0.15) is 29.5 Å². The van der Waals surface area contributed by atoms with Gasteiger partial charge in [0.2, 0.25) is 0 Å². The monoisotopic (exact) mass is 236 g/mol. The van der Waals surface area contributed by atoms with Crippen LogP contribution in [0.2, 0.25) is 0 Å². The van der Waals surface area contributed by atoms with E-state index in [9.17, 15) is 5.11 Å². The quantitative estimate of drug-likeness (QED) is 0.810. The van der Waals surface area contributed by atoms with E-state index in [-0.39, 0.29) is 5.92 Å². The molecule has 0 amide bonds. The molecule has 2 aromatic rings. The van der Waals surface area contributed by atoms with Crippen molar-refractivity contribution in [1.82, 2.24) is 0 Å². The van der Waals surface area contributed by atoms with E-state index in [2.05, 4.69) is 31.2 Å². The van der Waals surface area contributed by atoms with E-state index in [4.69, 9.17) is 7.85 Å². The summed E-state index contributed by atoms with van der Waals surface area (Å²) >= 11 is 0. The third-order valence-electron chi connectivity index (χ3n) is 3.21. The van der Waals surface area contributed by atoms with Gasteiger partial charge in [-0.2, -0.15) is 0 Å². The van der Waals surface area contributed by atoms with Gasteiger partial charge in [-0.05, 0) is 25.0 Å². The minimum atomic E-state index is -0.434. The Labute approximate surface area is 110 Å². The normalized spacial score (nSPS) is 14.2. The van der Waals surface area contributed by atoms with Crippen LogP contribution in [0.25, 0.3) is 0 Å². The molecule has 18 heavy (non-hydrogen) atoms. The van der Waals surface area contributed by atoms with E-state index in [1.807, 2.05) is 31.2 Å². The predicted molar refractivity (Wildman–Crippen MR) is 76.5 cm³/mol. The minimum Gasteiger partial charge on any atom is -0.392 e. The lowest BCUT2D eigenvalue weighted by molar-refractivity contribution is 0.176. The highest BCUT2D eigenvalue weighted by Gasteiger charge is 2.19. The van der Waals surface area contributed by atoms with Gasteiger partial charge in [0.25, 0.3) is 0 Å². The zero-order valence-electron chi connectivity index (χ0n) is 10.8. The van der Waals surface area contributed by atoms with Gasteiger partial charge in [-0.25, -0.2) is 0 Å². The Morgan fingerprint density at radius 1 is 0.889 bits per heavy atom. The van der Waals surface area contributed by atoms with Gasteiger partial charge in [0.15, 0.2) is 0 Å². The van der Waals surface area contributed by atoms with Crippen molar-refractivity contribution in [2.75, 3.05) is 0 Å². The van der Waals surface area contributed by atoms with Crippen molar-refractivity contribution in [2.24, 2.45) is 0 Å². The standard InChI is InChI=1S/C16H17BO/c1-11-3-5-13(6-4-11)16(12(2)18)14-7-9-15(17)10-8-14/h3-10,12,16,18H,1-2H3. The number of hydrogen-bond donors (Lipinski definition) is 1. The van der Waals surface area contributed by atoms with E-state index >= 15 is 0 Å². The van der Waals surface area contributed by atoms with Gasteiger partial charge in [0.05, 0.1) is 6.10 Å². The molecule has 0 fully saturated rings. The summed E-state index contributed by atoms with van der Waals surface area (Å²) in [7, 11) is 5.70. The lowest BCUT2D eigenvalue weighted by atomic mass is 9.85. The summed E-state index contributed by atoms with van der Waals surface area (Å²) in [6.07, 6.45) is -0.434. The van der Waals surface area contributed by atoms with Gasteiger partial charge in [0.1, 0.15) is 7.85 Å². The van der Waals surface area contributed by atoms with Gasteiger partial charge in [-0.3, -0.25) is 0 Å². The number of benzene rings is 2. The second-order valence-corrected chi connectivity index (χ2v) is 4.80. The lowest BCUT2D eigenvalue weighted by Crippen LogP contribution is -2.17. The Morgan fingerprint density at radius 3 is 1.78 bits per heavy atom. The van der Waals surface area contributed by atoms with Crippen LogP contribution in [0.3, 0.4) is 0 Å². The number of rotatable bonds is 3. The van der Waals surface area contributed by atoms with Gasteiger partial charge in [0, 0.05) is 5.92 Å². The van der Waals surface area contributed by atoms with E-state index < -0.39 is 6.10 Å². The fourth-order valence-electron chi connectivity index (χ4n) is 2.23. The van der Waals surface area contributed by atoms with Crippen LogP contribution in [0.15, 0.2) is 48.5 Å². The number of aryl methyl sites for hydroxylation is 1. The molecule has 1 nitrogen and oxygen atoms in total. The van der Waals surface area contributed by atoms with Crippen LogP contribution in [0, 0.1) is 6.92 Å². The SMILES string of the molecule is [B]c1ccc(C(c2ccc(C)cc2)C(C)O)cc1. The number of aliphatic hydroxyl groups is 1. The van der Waals surface area contributed by atoms with Crippen molar-refractivity contribution < 1.29 is 5.11 Å². The fourth-order valence-corrected chi connectivity index (χ4v) is 2.23. The van der Waals surface area contributed by atoms with Crippen molar-refractivity contribution in [1.29, 1.82) is 0 Å². The molecule has 0 bridgehead atoms. The molecule has 2 unspecified atom stereocenters. The molecule has 0 saturated carbocycles. The number of hydrogen-bond acceptors (Lipinski definition) is 1. The molecule has 2 heteroatoms. The minimum absolute atomic E-state index is 0.00815. The summed E-state index contributed by atoms with van der Waals surface area (Å²) in [4.78, 5) is 0. The topological polar surface area (TPSA) is 20.2 Å². The highest BCUT2D eigenvalue weighted by atomic mass is 16.3. The van der Waals surface area contributed by atoms with Crippen molar-refractivity contribution in [3.63, 3.8) is 0 Å². The number of aliphatic hydroxyl groups excluding tert-OH is 1. The summed E-state index contributed by atoms with van der Waals surface area (Å²) in [5.41, 5.74) is 4.18. The van der Waals surface area contributed by atoms with Crippen molar-refractivity contribution in [3.8, 4) is 0 Å². The molecule has 0 aromatic heterocycles. The molecular weight excluding hydrogens is 219 g/mol. The Balaban J connectivity index is 2.39. The molecule has 1 N–H and O–H groups in total. The second-order valence-electron chi connectivity index (χ2n) is 4.80. The molecule has 0 saturated heterocycles. The van der Waals surface area contributed by atoms with Crippen LogP contribution in [-0.4, -0.2) is 19.1 Å². The first-order chi connectivity index (χ1) is 8.58. The molecule has 90 valence electrons. The van der Waals surface area contributed by atoms with Gasteiger partial charge in [-0.1, -0.05) is 59.6 Å². The first kappa shape index (κ1) is 12.9. The molecule has 0 aliphatic carbocycles. The molecule has 0 aliphatic heterocycles. The van der Waals surface area contributed by atoms with E-state index in [1.165, 1.54) is 5.56 Å². The maximum Gasteiger partial charge on any atom is 0.113 e. The zero-order chi connectivity index (χ0) is 13.1. The Morgan fingerprint density at radius 2 is 1.33 bits per heavy atom. The van der Waals surface area contributed by atoms with Gasteiger partial charge in [-0.15, -0.1) is 0 Å². The molecule has 0 spiro atoms. The summed E-state index contributed by atoms with van der Waals surface area (Å²) in [5, 5.41) is 10.0. The van der Waals surface area contributed by atoms with Crippen molar-refractivity contribution >= 4 is 13.3 Å². The second kappa shape index (κ2) is 5.41. The van der Waals surface area contributed by atoms with Crippen LogP contribution >= 0.6 is 0 Å². The first-order valence-corrected chi connectivity index (χ1v) is 6.18. The summed E-state index contributed by atoms with van der Waals surface area (Å²) in [5.74, 6) is -0.00815. The molecular formula is C16H17BO. The van der Waals surface area contributed by atoms with Crippen molar-refractivity contribution in [2.45, 2.75) is 25.9 Å². The lowest BCUT2D eigenvalue weighted by Gasteiger charge is -2.21. The molecule has 2 atom stereocenters. The highest BCUT2D eigenvalue weighted by molar-refractivity contribution is 6.32. The smallest absolute Gasteiger partial charge is 0.113 e. The van der Waals surface area contributed by atoms with Gasteiger partial charge >= 0.3 is 0 Å². The molecule has 0 heterocycles. The molecule has 0 aliphatic rings. The molecule has 2 aromatic carbocycles. The largest absolute Gasteiger partial charge is 0.392 e. The van der Waals surface area contributed by atoms with Crippen LogP contribution in [0.5, 0.6) is 0 Å². The Kier molecular flexibility index (Phi) is 3.88. The fraction of sp³-hybridized carbons (Fsp3) is 0.250. The highest BCUT2D eigenvalue weighted by Crippen LogP contribution is 2.27. The van der Waals surface area contributed by atoms with Crippen molar-refractivity contribution in [3.05, 3.63) is 65.2 Å². The molecule has 2 radical (unpaired) electrons. The van der Waals surface area contributed by atoms with E-state index in [0.29, 0.717) is 0 Å². The van der Waals surface area contributed by atoms with E-state index in [0.717, 1.165) is 16.6 Å². The van der Waals surface area contributed by atoms with Crippen LogP contribution in [0.4, 0.5) is 0 Å². The Hall–Kier alpha value is -1.54. The summed E-state index contributed by atoms with van der Waals surface area (Å²) in [6.45, 7) is 3.88. The average Bonchev–Trinajstić information content (AvgIpc) is 2.34. The van der Waals surface area contributed by atoms with E-state index in [1.54, 1.807) is 0 Å². The Bertz CT molecular complexity index is 454. The predicted octanol–water partition coefficient (Wildman–Crippen LogP) is 2.30. The van der Waals surface area contributed by atoms with Crippen LogP contribution in [-0.2, 0) is 0 Å². The molecule has 2 rings (SSSR count). The average molecular weight is 236 g/mol.